The summed E-state index contributed by atoms with van der Waals surface area (Å²) < 4.78 is -0.0439. The van der Waals surface area contributed by atoms with Crippen LogP contribution in [-0.4, -0.2) is 48.2 Å². The van der Waals surface area contributed by atoms with Gasteiger partial charge in [0.25, 0.3) is 11.6 Å². The number of hydrogen-bond donors (Lipinski definition) is 2. The number of hydrogen-bond acceptors (Lipinski definition) is 7. The minimum Gasteiger partial charge on any atom is -0.481 e. The number of nitro groups is 1. The van der Waals surface area contributed by atoms with Gasteiger partial charge in [-0.25, -0.2) is 4.79 Å². The van der Waals surface area contributed by atoms with Gasteiger partial charge in [-0.2, -0.15) is 0 Å². The van der Waals surface area contributed by atoms with Crippen molar-refractivity contribution in [1.82, 2.24) is 4.90 Å². The number of carboxylic acids is 2. The van der Waals surface area contributed by atoms with Gasteiger partial charge in [0, 0.05) is 12.5 Å². The van der Waals surface area contributed by atoms with E-state index in [9.17, 15) is 29.6 Å². The van der Waals surface area contributed by atoms with Crippen LogP contribution in [0.5, 0.6) is 0 Å². The average molecular weight is 396 g/mol. The number of carbonyl (C=O) groups is 3. The Morgan fingerprint density at radius 3 is 2.58 bits per heavy atom. The number of nitro benzene ring substituents is 1. The van der Waals surface area contributed by atoms with Crippen LogP contribution < -0.4 is 0 Å². The summed E-state index contributed by atoms with van der Waals surface area (Å²) in [5, 5.41) is 29.1. The summed E-state index contributed by atoms with van der Waals surface area (Å²) in [6.07, 6.45) is 0.515. The van der Waals surface area contributed by atoms with Crippen LogP contribution in [-0.2, 0) is 14.4 Å². The molecule has 0 aliphatic carbocycles. The Morgan fingerprint density at radius 2 is 2.00 bits per heavy atom. The Kier molecular flexibility index (Phi) is 6.05. The molecule has 0 radical (unpaired) electrons. The molecule has 2 N–H and O–H groups in total. The molecule has 0 aromatic heterocycles. The molecule has 0 saturated carbocycles. The molecule has 1 aliphatic rings. The van der Waals surface area contributed by atoms with Crippen LogP contribution >= 0.6 is 24.0 Å². The number of rotatable bonds is 7. The third-order valence-corrected chi connectivity index (χ3v) is 4.80. The van der Waals surface area contributed by atoms with E-state index in [2.05, 4.69) is 0 Å². The Labute approximate surface area is 156 Å². The van der Waals surface area contributed by atoms with Crippen molar-refractivity contribution in [3.05, 3.63) is 44.8 Å². The van der Waals surface area contributed by atoms with Gasteiger partial charge < -0.3 is 10.2 Å². The fraction of sp³-hybridized carbons (Fsp3) is 0.200. The molecule has 1 saturated heterocycles. The first kappa shape index (κ1) is 19.5. The van der Waals surface area contributed by atoms with Crippen molar-refractivity contribution < 1.29 is 29.5 Å². The maximum Gasteiger partial charge on any atom is 0.326 e. The highest BCUT2D eigenvalue weighted by atomic mass is 32.2. The lowest BCUT2D eigenvalue weighted by molar-refractivity contribution is -0.385. The SMILES string of the molecule is O=C(O)CCC(C(=O)O)N1C(=O)/C(=C/c2ccccc2[N+](=O)[O-])SC1=S. The predicted octanol–water partition coefficient (Wildman–Crippen LogP) is 2.11. The van der Waals surface area contributed by atoms with E-state index >= 15 is 0 Å². The van der Waals surface area contributed by atoms with Gasteiger partial charge in [0.1, 0.15) is 10.4 Å². The molecule has 9 nitrogen and oxygen atoms in total. The molecule has 1 fully saturated rings. The van der Waals surface area contributed by atoms with Gasteiger partial charge in [-0.3, -0.25) is 24.6 Å². The maximum absolute atomic E-state index is 12.6. The number of carbonyl (C=O) groups excluding carboxylic acids is 1. The van der Waals surface area contributed by atoms with Crippen LogP contribution in [0.25, 0.3) is 6.08 Å². The highest BCUT2D eigenvalue weighted by Gasteiger charge is 2.40. The number of carboxylic acid groups (broad SMARTS) is 2. The lowest BCUT2D eigenvalue weighted by atomic mass is 10.1. The molecule has 0 bridgehead atoms. The van der Waals surface area contributed by atoms with E-state index < -0.39 is 35.2 Å². The van der Waals surface area contributed by atoms with Gasteiger partial charge in [-0.05, 0) is 18.6 Å². The molecule has 26 heavy (non-hydrogen) atoms. The summed E-state index contributed by atoms with van der Waals surface area (Å²) in [6.45, 7) is 0. The Balaban J connectivity index is 2.34. The Morgan fingerprint density at radius 1 is 1.35 bits per heavy atom. The summed E-state index contributed by atoms with van der Waals surface area (Å²) in [4.78, 5) is 46.0. The van der Waals surface area contributed by atoms with E-state index in [0.29, 0.717) is 0 Å². The van der Waals surface area contributed by atoms with Gasteiger partial charge in [0.2, 0.25) is 0 Å². The molecule has 1 atom stereocenters. The lowest BCUT2D eigenvalue weighted by Crippen LogP contribution is -2.44. The molecule has 1 heterocycles. The highest BCUT2D eigenvalue weighted by molar-refractivity contribution is 8.26. The van der Waals surface area contributed by atoms with Crippen LogP contribution in [0.4, 0.5) is 5.69 Å². The van der Waals surface area contributed by atoms with Crippen molar-refractivity contribution in [1.29, 1.82) is 0 Å². The lowest BCUT2D eigenvalue weighted by Gasteiger charge is -2.22. The Hall–Kier alpha value is -2.79. The monoisotopic (exact) mass is 396 g/mol. The Bertz CT molecular complexity index is 837. The first-order valence-electron chi connectivity index (χ1n) is 7.17. The largest absolute Gasteiger partial charge is 0.481 e. The van der Waals surface area contributed by atoms with Crippen LogP contribution in [0.15, 0.2) is 29.2 Å². The number of thioether (sulfide) groups is 1. The van der Waals surface area contributed by atoms with Gasteiger partial charge in [-0.1, -0.05) is 36.1 Å². The van der Waals surface area contributed by atoms with Crippen molar-refractivity contribution in [2.45, 2.75) is 18.9 Å². The topological polar surface area (TPSA) is 138 Å². The number of benzene rings is 1. The molecule has 136 valence electrons. The fourth-order valence-corrected chi connectivity index (χ4v) is 3.64. The molecular weight excluding hydrogens is 384 g/mol. The zero-order valence-electron chi connectivity index (χ0n) is 13.0. The molecule has 1 unspecified atom stereocenters. The van der Waals surface area contributed by atoms with E-state index in [4.69, 9.17) is 17.3 Å². The van der Waals surface area contributed by atoms with Crippen molar-refractivity contribution in [2.24, 2.45) is 0 Å². The van der Waals surface area contributed by atoms with Gasteiger partial charge in [-0.15, -0.1) is 0 Å². The molecule has 1 aliphatic heterocycles. The third kappa shape index (κ3) is 4.24. The molecule has 2 rings (SSSR count). The summed E-state index contributed by atoms with van der Waals surface area (Å²) in [6, 6.07) is 4.35. The van der Waals surface area contributed by atoms with Gasteiger partial charge >= 0.3 is 11.9 Å². The van der Waals surface area contributed by atoms with Gasteiger partial charge in [0.05, 0.1) is 15.4 Å². The zero-order valence-corrected chi connectivity index (χ0v) is 14.7. The van der Waals surface area contributed by atoms with Crippen molar-refractivity contribution in [3.63, 3.8) is 0 Å². The quantitative estimate of drug-likeness (QED) is 0.307. The van der Waals surface area contributed by atoms with E-state index in [1.165, 1.54) is 24.3 Å². The van der Waals surface area contributed by atoms with Crippen LogP contribution in [0.1, 0.15) is 18.4 Å². The summed E-state index contributed by atoms with van der Waals surface area (Å²) in [7, 11) is 0. The minimum absolute atomic E-state index is 0.0332. The number of amides is 1. The first-order chi connectivity index (χ1) is 12.2. The van der Waals surface area contributed by atoms with Crippen LogP contribution in [0.2, 0.25) is 0 Å². The summed E-state index contributed by atoms with van der Waals surface area (Å²) in [5.74, 6) is -3.30. The third-order valence-electron chi connectivity index (χ3n) is 3.47. The average Bonchev–Trinajstić information content (AvgIpc) is 2.82. The smallest absolute Gasteiger partial charge is 0.326 e. The highest BCUT2D eigenvalue weighted by Crippen LogP contribution is 2.36. The second-order valence-electron chi connectivity index (χ2n) is 5.15. The second kappa shape index (κ2) is 8.06. The summed E-state index contributed by atoms with van der Waals surface area (Å²) >= 11 is 5.87. The molecule has 0 spiro atoms. The molecule has 1 aromatic carbocycles. The van der Waals surface area contributed by atoms with Crippen molar-refractivity contribution in [3.8, 4) is 0 Å². The number of nitrogens with zero attached hydrogens (tertiary/aromatic N) is 2. The fourth-order valence-electron chi connectivity index (χ4n) is 2.29. The second-order valence-corrected chi connectivity index (χ2v) is 6.83. The summed E-state index contributed by atoms with van der Waals surface area (Å²) in [5.41, 5.74) is -0.0335. The van der Waals surface area contributed by atoms with Crippen molar-refractivity contribution in [2.75, 3.05) is 0 Å². The zero-order chi connectivity index (χ0) is 19.4. The van der Waals surface area contributed by atoms with E-state index in [0.717, 1.165) is 16.7 Å². The van der Waals surface area contributed by atoms with E-state index in [1.54, 1.807) is 6.07 Å². The predicted molar refractivity (Wildman–Crippen MR) is 96.4 cm³/mol. The molecule has 11 heteroatoms. The normalized spacial score (nSPS) is 16.8. The van der Waals surface area contributed by atoms with Gasteiger partial charge in [0.15, 0.2) is 0 Å². The maximum atomic E-state index is 12.6. The molecule has 1 amide bonds. The molecule has 1 aromatic rings. The van der Waals surface area contributed by atoms with Crippen molar-refractivity contribution >= 4 is 57.9 Å². The minimum atomic E-state index is -1.42. The number of aliphatic carboxylic acids is 2. The van der Waals surface area contributed by atoms with Crippen LogP contribution in [0.3, 0.4) is 0 Å². The van der Waals surface area contributed by atoms with E-state index in [-0.39, 0.29) is 26.9 Å². The van der Waals surface area contributed by atoms with Crippen LogP contribution in [0, 0.1) is 10.1 Å². The standard InChI is InChI=1S/C15H12N2O7S2/c18-12(19)6-5-10(14(21)22)16-13(20)11(26-15(16)25)7-8-3-1-2-4-9(8)17(23)24/h1-4,7,10H,5-6H2,(H,18,19)(H,21,22)/b11-7-. The first-order valence-corrected chi connectivity index (χ1v) is 8.40. The number of thiocarbonyl (C=S) groups is 1. The van der Waals surface area contributed by atoms with E-state index in [1.807, 2.05) is 0 Å². The number of para-hydroxylation sites is 1. The molecular formula is C15H12N2O7S2.